The van der Waals surface area contributed by atoms with Crippen LogP contribution in [0.1, 0.15) is 41.0 Å². The van der Waals surface area contributed by atoms with Crippen LogP contribution < -0.4 is 5.32 Å². The van der Waals surface area contributed by atoms with Crippen LogP contribution in [0, 0.1) is 13.8 Å². The molecule has 2 heterocycles. The molecule has 6 heteroatoms. The van der Waals surface area contributed by atoms with E-state index in [0.29, 0.717) is 10.7 Å². The number of thiazole rings is 1. The van der Waals surface area contributed by atoms with Crippen LogP contribution in [0.15, 0.2) is 23.6 Å². The van der Waals surface area contributed by atoms with E-state index in [9.17, 15) is 4.79 Å². The summed E-state index contributed by atoms with van der Waals surface area (Å²) in [5.41, 5.74) is 3.81. The number of morpholine rings is 1. The fraction of sp³-hybridized carbons (Fsp3) is 0.474. The lowest BCUT2D eigenvalue weighted by atomic mass is 10.0. The number of anilines is 1. The highest BCUT2D eigenvalue weighted by atomic mass is 32.1. The molecule has 2 atom stereocenters. The molecule has 25 heavy (non-hydrogen) atoms. The fourth-order valence-corrected chi connectivity index (χ4v) is 3.94. The third kappa shape index (κ3) is 4.45. The zero-order valence-electron chi connectivity index (χ0n) is 15.2. The molecule has 1 fully saturated rings. The molecule has 0 aliphatic carbocycles. The molecule has 0 radical (unpaired) electrons. The topological polar surface area (TPSA) is 54.5 Å². The van der Waals surface area contributed by atoms with E-state index in [1.165, 1.54) is 11.3 Å². The van der Waals surface area contributed by atoms with Crippen molar-refractivity contribution in [1.29, 1.82) is 0 Å². The number of hydrogen-bond donors (Lipinski definition) is 1. The highest BCUT2D eigenvalue weighted by Gasteiger charge is 2.23. The first kappa shape index (κ1) is 18.0. The van der Waals surface area contributed by atoms with Gasteiger partial charge in [-0.05, 0) is 44.9 Å². The minimum Gasteiger partial charge on any atom is -0.373 e. The van der Waals surface area contributed by atoms with E-state index in [1.807, 2.05) is 37.4 Å². The number of carbonyl (C=O) groups excluding carboxylic acids is 1. The zero-order chi connectivity index (χ0) is 18.0. The summed E-state index contributed by atoms with van der Waals surface area (Å²) in [5.74, 6) is -0.101. The Bertz CT molecular complexity index is 749. The molecule has 134 valence electrons. The van der Waals surface area contributed by atoms with E-state index in [1.54, 1.807) is 0 Å². The lowest BCUT2D eigenvalue weighted by Gasteiger charge is -2.34. The van der Waals surface area contributed by atoms with Gasteiger partial charge in [0.05, 0.1) is 17.9 Å². The molecule has 5 nitrogen and oxygen atoms in total. The van der Waals surface area contributed by atoms with Crippen molar-refractivity contribution < 1.29 is 9.53 Å². The summed E-state index contributed by atoms with van der Waals surface area (Å²) in [6.45, 7) is 10.8. The first-order valence-electron chi connectivity index (χ1n) is 8.62. The Morgan fingerprint density at radius 1 is 1.32 bits per heavy atom. The van der Waals surface area contributed by atoms with Crippen LogP contribution in [0.4, 0.5) is 5.13 Å². The quantitative estimate of drug-likeness (QED) is 0.906. The van der Waals surface area contributed by atoms with Crippen molar-refractivity contribution in [3.8, 4) is 0 Å². The van der Waals surface area contributed by atoms with Crippen LogP contribution in [-0.4, -0.2) is 41.1 Å². The predicted molar refractivity (Wildman–Crippen MR) is 101 cm³/mol. The third-order valence-electron chi connectivity index (χ3n) is 4.50. The molecule has 0 bridgehead atoms. The SMILES string of the molecule is Cc1cccc(C(=O)Nc2nc(CN3CC(C)OC(C)C3)cs2)c1C. The molecule has 0 saturated carbocycles. The molecule has 3 rings (SSSR count). The fourth-order valence-electron chi connectivity index (χ4n) is 3.24. The summed E-state index contributed by atoms with van der Waals surface area (Å²) in [5, 5.41) is 5.59. The number of aryl methyl sites for hydroxylation is 1. The lowest BCUT2D eigenvalue weighted by Crippen LogP contribution is -2.44. The number of ether oxygens (including phenoxy) is 1. The van der Waals surface area contributed by atoms with E-state index in [2.05, 4.69) is 29.0 Å². The number of hydrogen-bond acceptors (Lipinski definition) is 5. The zero-order valence-corrected chi connectivity index (χ0v) is 16.0. The van der Waals surface area contributed by atoms with Gasteiger partial charge in [0.1, 0.15) is 0 Å². The van der Waals surface area contributed by atoms with Gasteiger partial charge in [-0.3, -0.25) is 15.0 Å². The Morgan fingerprint density at radius 2 is 2.04 bits per heavy atom. The first-order valence-corrected chi connectivity index (χ1v) is 9.50. The molecule has 2 aromatic rings. The number of nitrogens with one attached hydrogen (secondary N) is 1. The molecule has 0 spiro atoms. The Kier molecular flexibility index (Phi) is 5.51. The number of nitrogens with zero attached hydrogens (tertiary/aromatic N) is 2. The molecule has 2 unspecified atom stereocenters. The van der Waals surface area contributed by atoms with Crippen molar-refractivity contribution >= 4 is 22.4 Å². The van der Waals surface area contributed by atoms with Crippen LogP contribution in [0.2, 0.25) is 0 Å². The lowest BCUT2D eigenvalue weighted by molar-refractivity contribution is -0.0707. The number of rotatable bonds is 4. The second-order valence-electron chi connectivity index (χ2n) is 6.80. The summed E-state index contributed by atoms with van der Waals surface area (Å²) in [7, 11) is 0. The number of aromatic nitrogens is 1. The second kappa shape index (κ2) is 7.64. The molecule has 1 amide bonds. The first-order chi connectivity index (χ1) is 11.9. The average molecular weight is 359 g/mol. The molecule has 1 N–H and O–H groups in total. The van der Waals surface area contributed by atoms with E-state index in [4.69, 9.17) is 4.74 Å². The summed E-state index contributed by atoms with van der Waals surface area (Å²) in [6, 6.07) is 5.77. The average Bonchev–Trinajstić information content (AvgIpc) is 2.95. The molecule has 1 saturated heterocycles. The van der Waals surface area contributed by atoms with Gasteiger partial charge in [-0.1, -0.05) is 12.1 Å². The summed E-state index contributed by atoms with van der Waals surface area (Å²) >= 11 is 1.47. The molecular formula is C19H25N3O2S. The molecule has 1 aromatic heterocycles. The van der Waals surface area contributed by atoms with Crippen molar-refractivity contribution in [3.63, 3.8) is 0 Å². The molecular weight excluding hydrogens is 334 g/mol. The minimum atomic E-state index is -0.101. The maximum absolute atomic E-state index is 12.5. The van der Waals surface area contributed by atoms with Gasteiger partial charge >= 0.3 is 0 Å². The van der Waals surface area contributed by atoms with Crippen LogP contribution in [0.3, 0.4) is 0 Å². The Morgan fingerprint density at radius 3 is 2.76 bits per heavy atom. The maximum Gasteiger partial charge on any atom is 0.257 e. The molecule has 1 aliphatic heterocycles. The van der Waals surface area contributed by atoms with Gasteiger partial charge < -0.3 is 4.74 Å². The molecule has 1 aliphatic rings. The van der Waals surface area contributed by atoms with Gasteiger partial charge in [0.15, 0.2) is 5.13 Å². The third-order valence-corrected chi connectivity index (χ3v) is 5.31. The van der Waals surface area contributed by atoms with Gasteiger partial charge in [0.25, 0.3) is 5.91 Å². The van der Waals surface area contributed by atoms with Gasteiger partial charge in [-0.15, -0.1) is 11.3 Å². The predicted octanol–water partition coefficient (Wildman–Crippen LogP) is 3.62. The van der Waals surface area contributed by atoms with E-state index in [0.717, 1.165) is 36.5 Å². The Labute approximate surface area is 153 Å². The highest BCUT2D eigenvalue weighted by molar-refractivity contribution is 7.14. The molecule has 1 aromatic carbocycles. The van der Waals surface area contributed by atoms with E-state index in [-0.39, 0.29) is 18.1 Å². The number of carbonyl (C=O) groups is 1. The van der Waals surface area contributed by atoms with Crippen molar-refractivity contribution in [2.75, 3.05) is 18.4 Å². The van der Waals surface area contributed by atoms with E-state index < -0.39 is 0 Å². The van der Waals surface area contributed by atoms with Gasteiger partial charge in [-0.2, -0.15) is 0 Å². The standard InChI is InChI=1S/C19H25N3O2S/c1-12-6-5-7-17(15(12)4)18(23)21-19-20-16(11-25-19)10-22-8-13(2)24-14(3)9-22/h5-7,11,13-14H,8-10H2,1-4H3,(H,20,21,23). The van der Waals surface area contributed by atoms with Gasteiger partial charge in [0, 0.05) is 30.6 Å². The van der Waals surface area contributed by atoms with E-state index >= 15 is 0 Å². The van der Waals surface area contributed by atoms with Crippen LogP contribution >= 0.6 is 11.3 Å². The Hall–Kier alpha value is -1.76. The number of amides is 1. The van der Waals surface area contributed by atoms with Gasteiger partial charge in [0.2, 0.25) is 0 Å². The van der Waals surface area contributed by atoms with Crippen LogP contribution in [-0.2, 0) is 11.3 Å². The van der Waals surface area contributed by atoms with Crippen molar-refractivity contribution in [2.45, 2.75) is 46.4 Å². The summed E-state index contributed by atoms with van der Waals surface area (Å²) in [6.07, 6.45) is 0.483. The number of benzene rings is 1. The van der Waals surface area contributed by atoms with Gasteiger partial charge in [-0.25, -0.2) is 4.98 Å². The smallest absolute Gasteiger partial charge is 0.257 e. The van der Waals surface area contributed by atoms with Crippen LogP contribution in [0.25, 0.3) is 0 Å². The Balaban J connectivity index is 1.63. The highest BCUT2D eigenvalue weighted by Crippen LogP contribution is 2.21. The summed E-state index contributed by atoms with van der Waals surface area (Å²) < 4.78 is 5.77. The van der Waals surface area contributed by atoms with Crippen LogP contribution in [0.5, 0.6) is 0 Å². The minimum absolute atomic E-state index is 0.101. The van der Waals surface area contributed by atoms with Crippen molar-refractivity contribution in [1.82, 2.24) is 9.88 Å². The largest absolute Gasteiger partial charge is 0.373 e. The summed E-state index contributed by atoms with van der Waals surface area (Å²) in [4.78, 5) is 19.4. The van der Waals surface area contributed by atoms with Crippen molar-refractivity contribution in [3.05, 3.63) is 46.0 Å². The second-order valence-corrected chi connectivity index (χ2v) is 7.66. The maximum atomic E-state index is 12.5. The van der Waals surface area contributed by atoms with Crippen molar-refractivity contribution in [2.24, 2.45) is 0 Å². The monoisotopic (exact) mass is 359 g/mol. The normalized spacial score (nSPS) is 21.3.